The average Bonchev–Trinajstić information content (AvgIpc) is 3.09. The molecule has 3 aromatic rings. The molecule has 1 aromatic heterocycles. The van der Waals surface area contributed by atoms with Gasteiger partial charge in [-0.2, -0.15) is 4.72 Å². The van der Waals surface area contributed by atoms with Crippen LogP contribution in [-0.2, 0) is 27.9 Å². The maximum atomic E-state index is 12.8. The van der Waals surface area contributed by atoms with Crippen molar-refractivity contribution in [1.29, 1.82) is 0 Å². The van der Waals surface area contributed by atoms with E-state index in [2.05, 4.69) is 9.71 Å². The van der Waals surface area contributed by atoms with Gasteiger partial charge in [0.15, 0.2) is 0 Å². The average molecular weight is 431 g/mol. The number of hydrogen-bond donors (Lipinski definition) is 1. The van der Waals surface area contributed by atoms with E-state index in [1.165, 1.54) is 31.1 Å². The zero-order chi connectivity index (χ0) is 21.9. The Kier molecular flexibility index (Phi) is 6.42. The van der Waals surface area contributed by atoms with Crippen LogP contribution in [0, 0.1) is 0 Å². The number of methoxy groups -OCH3 is 1. The lowest BCUT2D eigenvalue weighted by molar-refractivity contribution is -0.131. The minimum atomic E-state index is -3.84. The van der Waals surface area contributed by atoms with Crippen molar-refractivity contribution < 1.29 is 17.9 Å². The summed E-state index contributed by atoms with van der Waals surface area (Å²) >= 11 is 0. The Bertz CT molecular complexity index is 1140. The molecule has 1 heterocycles. The van der Waals surface area contributed by atoms with Crippen LogP contribution in [0.1, 0.15) is 19.7 Å². The summed E-state index contributed by atoms with van der Waals surface area (Å²) in [4.78, 5) is 19.0. The summed E-state index contributed by atoms with van der Waals surface area (Å²) in [5.41, 5.74) is 1.87. The number of sulfonamides is 1. The molecule has 30 heavy (non-hydrogen) atoms. The van der Waals surface area contributed by atoms with Crippen molar-refractivity contribution in [2.45, 2.75) is 37.9 Å². The number of aryl methyl sites for hydroxylation is 1. The molecule has 0 aliphatic rings. The van der Waals surface area contributed by atoms with E-state index >= 15 is 0 Å². The van der Waals surface area contributed by atoms with Gasteiger partial charge in [0.25, 0.3) is 0 Å². The number of imidazole rings is 1. The van der Waals surface area contributed by atoms with Gasteiger partial charge in [0.2, 0.25) is 15.9 Å². The smallest absolute Gasteiger partial charge is 0.241 e. The minimum absolute atomic E-state index is 0.0679. The highest BCUT2D eigenvalue weighted by atomic mass is 32.2. The van der Waals surface area contributed by atoms with E-state index in [4.69, 9.17) is 4.74 Å². The molecule has 0 saturated heterocycles. The summed E-state index contributed by atoms with van der Waals surface area (Å²) in [6, 6.07) is 12.8. The Morgan fingerprint density at radius 2 is 1.87 bits per heavy atom. The van der Waals surface area contributed by atoms with Crippen molar-refractivity contribution in [3.8, 4) is 5.75 Å². The molecular formula is C21H26N4O4S. The van der Waals surface area contributed by atoms with Crippen LogP contribution in [0.25, 0.3) is 11.0 Å². The highest BCUT2D eigenvalue weighted by Crippen LogP contribution is 2.18. The van der Waals surface area contributed by atoms with Gasteiger partial charge in [-0.25, -0.2) is 13.4 Å². The van der Waals surface area contributed by atoms with Crippen LogP contribution in [-0.4, -0.2) is 49.0 Å². The summed E-state index contributed by atoms with van der Waals surface area (Å²) in [7, 11) is -0.699. The van der Waals surface area contributed by atoms with E-state index in [0.717, 1.165) is 23.4 Å². The zero-order valence-electron chi connectivity index (χ0n) is 17.5. The van der Waals surface area contributed by atoms with Crippen LogP contribution >= 0.6 is 0 Å². The van der Waals surface area contributed by atoms with Gasteiger partial charge in [-0.1, -0.05) is 12.1 Å². The van der Waals surface area contributed by atoms with Crippen molar-refractivity contribution in [2.24, 2.45) is 0 Å². The number of carbonyl (C=O) groups is 1. The molecule has 160 valence electrons. The third-order valence-corrected chi connectivity index (χ3v) is 6.43. The zero-order valence-corrected chi connectivity index (χ0v) is 18.3. The van der Waals surface area contributed by atoms with Crippen molar-refractivity contribution in [2.75, 3.05) is 14.2 Å². The lowest BCUT2D eigenvalue weighted by atomic mass is 10.3. The second-order valence-corrected chi connectivity index (χ2v) is 8.69. The Morgan fingerprint density at radius 3 is 2.50 bits per heavy atom. The van der Waals surface area contributed by atoms with E-state index in [1.54, 1.807) is 19.2 Å². The monoisotopic (exact) mass is 430 g/mol. The van der Waals surface area contributed by atoms with E-state index in [0.29, 0.717) is 5.75 Å². The predicted octanol–water partition coefficient (Wildman–Crippen LogP) is 2.39. The van der Waals surface area contributed by atoms with Gasteiger partial charge in [0.05, 0.1) is 35.6 Å². The van der Waals surface area contributed by atoms with E-state index in [9.17, 15) is 13.2 Å². The first-order valence-corrected chi connectivity index (χ1v) is 11.1. The van der Waals surface area contributed by atoms with Crippen molar-refractivity contribution in [3.05, 3.63) is 54.4 Å². The normalized spacial score (nSPS) is 12.7. The number of carbonyl (C=O) groups excluding carboxylic acids is 1. The summed E-state index contributed by atoms with van der Waals surface area (Å²) in [6.07, 6.45) is 0. The number of para-hydroxylation sites is 2. The Labute approximate surface area is 176 Å². The third-order valence-electron chi connectivity index (χ3n) is 4.88. The topological polar surface area (TPSA) is 93.5 Å². The maximum absolute atomic E-state index is 12.8. The molecule has 1 N–H and O–H groups in total. The van der Waals surface area contributed by atoms with Crippen LogP contribution < -0.4 is 9.46 Å². The molecule has 0 spiro atoms. The summed E-state index contributed by atoms with van der Waals surface area (Å²) in [5, 5.41) is 0. The van der Waals surface area contributed by atoms with Gasteiger partial charge in [-0.15, -0.1) is 0 Å². The van der Waals surface area contributed by atoms with Crippen LogP contribution in [0.2, 0.25) is 0 Å². The number of aromatic nitrogens is 2. The minimum Gasteiger partial charge on any atom is -0.497 e. The lowest BCUT2D eigenvalue weighted by Gasteiger charge is -2.22. The first-order valence-electron chi connectivity index (χ1n) is 9.62. The van der Waals surface area contributed by atoms with Crippen LogP contribution in [0.5, 0.6) is 5.75 Å². The number of ether oxygens (including phenoxy) is 1. The fraction of sp³-hybridized carbons (Fsp3) is 0.333. The van der Waals surface area contributed by atoms with Gasteiger partial charge in [0, 0.05) is 13.6 Å². The van der Waals surface area contributed by atoms with Gasteiger partial charge in [-0.05, 0) is 50.2 Å². The van der Waals surface area contributed by atoms with Gasteiger partial charge in [-0.3, -0.25) is 4.79 Å². The molecule has 1 amide bonds. The second kappa shape index (κ2) is 8.85. The van der Waals surface area contributed by atoms with E-state index in [1.807, 2.05) is 35.8 Å². The Morgan fingerprint density at radius 1 is 1.20 bits per heavy atom. The second-order valence-electron chi connectivity index (χ2n) is 6.97. The maximum Gasteiger partial charge on any atom is 0.241 e. The van der Waals surface area contributed by atoms with E-state index in [-0.39, 0.29) is 17.3 Å². The molecule has 0 aliphatic heterocycles. The first kappa shape index (κ1) is 21.8. The molecule has 1 atom stereocenters. The number of rotatable bonds is 8. The van der Waals surface area contributed by atoms with Crippen molar-refractivity contribution >= 4 is 27.0 Å². The Hall–Kier alpha value is -2.91. The molecule has 0 bridgehead atoms. The number of likely N-dealkylation sites (N-methyl/N-ethyl adjacent to an activating group) is 1. The fourth-order valence-electron chi connectivity index (χ4n) is 3.33. The quantitative estimate of drug-likeness (QED) is 0.592. The molecule has 0 fully saturated rings. The highest BCUT2D eigenvalue weighted by Gasteiger charge is 2.25. The SMILES string of the molecule is CCn1c(CN(C)C(=O)[C@H](C)NS(=O)(=O)c2ccc(OC)cc2)nc2ccccc21. The van der Waals surface area contributed by atoms with Crippen LogP contribution in [0.3, 0.4) is 0 Å². The molecule has 8 nitrogen and oxygen atoms in total. The molecule has 9 heteroatoms. The molecule has 0 unspecified atom stereocenters. The number of amides is 1. The first-order chi connectivity index (χ1) is 14.3. The van der Waals surface area contributed by atoms with Crippen molar-refractivity contribution in [1.82, 2.24) is 19.2 Å². The standard InChI is InChI=1S/C21H26N4O4S/c1-5-25-19-9-7-6-8-18(19)22-20(25)14-24(3)21(26)15(2)23-30(27,28)17-12-10-16(29-4)11-13-17/h6-13,15,23H,5,14H2,1-4H3/t15-/m0/s1. The summed E-state index contributed by atoms with van der Waals surface area (Å²) in [6.45, 7) is 4.54. The largest absolute Gasteiger partial charge is 0.497 e. The number of benzene rings is 2. The molecule has 2 aromatic carbocycles. The van der Waals surface area contributed by atoms with Gasteiger partial charge in [0.1, 0.15) is 11.6 Å². The van der Waals surface area contributed by atoms with E-state index < -0.39 is 16.1 Å². The molecule has 0 aliphatic carbocycles. The molecular weight excluding hydrogens is 404 g/mol. The number of fused-ring (bicyclic) bond motifs is 1. The van der Waals surface area contributed by atoms with Gasteiger partial charge >= 0.3 is 0 Å². The fourth-order valence-corrected chi connectivity index (χ4v) is 4.52. The number of nitrogens with one attached hydrogen (secondary N) is 1. The summed E-state index contributed by atoms with van der Waals surface area (Å²) < 4.78 is 34.8. The van der Waals surface area contributed by atoms with Crippen LogP contribution in [0.15, 0.2) is 53.4 Å². The number of hydrogen-bond acceptors (Lipinski definition) is 5. The third kappa shape index (κ3) is 4.47. The predicted molar refractivity (Wildman–Crippen MR) is 115 cm³/mol. The van der Waals surface area contributed by atoms with Gasteiger partial charge < -0.3 is 14.2 Å². The van der Waals surface area contributed by atoms with Crippen LogP contribution in [0.4, 0.5) is 0 Å². The molecule has 3 rings (SSSR count). The Balaban J connectivity index is 1.72. The lowest BCUT2D eigenvalue weighted by Crippen LogP contribution is -2.45. The summed E-state index contributed by atoms with van der Waals surface area (Å²) in [5.74, 6) is 0.957. The molecule has 0 saturated carbocycles. The number of nitrogens with zero attached hydrogens (tertiary/aromatic N) is 3. The van der Waals surface area contributed by atoms with Crippen molar-refractivity contribution in [3.63, 3.8) is 0 Å². The molecule has 0 radical (unpaired) electrons. The highest BCUT2D eigenvalue weighted by molar-refractivity contribution is 7.89.